The number of fused-ring (bicyclic) bond motifs is 1. The van der Waals surface area contributed by atoms with Gasteiger partial charge in [-0.05, 0) is 62.8 Å². The molecule has 1 aliphatic rings. The molecule has 3 N–H and O–H groups in total. The molecule has 0 spiro atoms. The molecule has 214 valence electrons. The lowest BCUT2D eigenvalue weighted by Gasteiger charge is -2.26. The number of halogens is 1. The van der Waals surface area contributed by atoms with Gasteiger partial charge in [0, 0.05) is 44.2 Å². The summed E-state index contributed by atoms with van der Waals surface area (Å²) in [4.78, 5) is 27.6. The number of carboxylic acid groups (broad SMARTS) is 1. The van der Waals surface area contributed by atoms with Crippen molar-refractivity contribution in [3.8, 4) is 11.4 Å². The van der Waals surface area contributed by atoms with Gasteiger partial charge in [-0.1, -0.05) is 36.4 Å². The third-order valence-corrected chi connectivity index (χ3v) is 6.95. The first-order valence-electron chi connectivity index (χ1n) is 14.0. The highest BCUT2D eigenvalue weighted by Crippen LogP contribution is 2.21. The molecule has 2 atom stereocenters. The predicted octanol–water partition coefficient (Wildman–Crippen LogP) is 4.46. The summed E-state index contributed by atoms with van der Waals surface area (Å²) in [5.74, 6) is 0.959. The molecule has 9 nitrogen and oxygen atoms in total. The van der Waals surface area contributed by atoms with Crippen molar-refractivity contribution in [2.75, 3.05) is 50.5 Å². The van der Waals surface area contributed by atoms with Gasteiger partial charge in [0.1, 0.15) is 23.8 Å². The van der Waals surface area contributed by atoms with Crippen LogP contribution in [-0.4, -0.2) is 83.0 Å². The number of anilines is 2. The zero-order chi connectivity index (χ0) is 28.2. The molecule has 0 amide bonds. The van der Waals surface area contributed by atoms with E-state index in [4.69, 9.17) is 9.72 Å². The Kier molecular flexibility index (Phi) is 11.2. The van der Waals surface area contributed by atoms with Crippen molar-refractivity contribution >= 4 is 17.6 Å². The minimum atomic E-state index is -1.15. The lowest BCUT2D eigenvalue weighted by atomic mass is 10.1. The van der Waals surface area contributed by atoms with E-state index < -0.39 is 18.2 Å². The summed E-state index contributed by atoms with van der Waals surface area (Å²) in [6, 6.07) is 14.5. The molecule has 1 aliphatic heterocycles. The second-order valence-corrected chi connectivity index (χ2v) is 10.1. The summed E-state index contributed by atoms with van der Waals surface area (Å²) in [6.07, 6.45) is 5.55. The van der Waals surface area contributed by atoms with E-state index in [-0.39, 0.29) is 19.6 Å². The maximum absolute atomic E-state index is 14.5. The van der Waals surface area contributed by atoms with Crippen molar-refractivity contribution in [2.45, 2.75) is 50.7 Å². The number of aryl methyl sites for hydroxylation is 2. The highest BCUT2D eigenvalue weighted by molar-refractivity contribution is 5.77. The average molecular weight is 551 g/mol. The number of carboxylic acids is 1. The van der Waals surface area contributed by atoms with Crippen LogP contribution < -0.4 is 10.6 Å². The maximum atomic E-state index is 14.5. The number of pyridine rings is 1. The predicted molar refractivity (Wildman–Crippen MR) is 154 cm³/mol. The van der Waals surface area contributed by atoms with E-state index in [0.29, 0.717) is 24.7 Å². The van der Waals surface area contributed by atoms with Gasteiger partial charge in [0.05, 0.1) is 6.61 Å². The molecule has 0 saturated carbocycles. The number of hydrogen-bond acceptors (Lipinski definition) is 8. The number of nitrogens with one attached hydrogen (secondary N) is 2. The number of methoxy groups -OCH3 is 1. The van der Waals surface area contributed by atoms with E-state index in [2.05, 4.69) is 32.7 Å². The molecular formula is C30H39FN6O3. The number of alkyl halides is 1. The molecule has 3 aromatic rings. The monoisotopic (exact) mass is 550 g/mol. The van der Waals surface area contributed by atoms with E-state index in [1.807, 2.05) is 35.2 Å². The fourth-order valence-corrected chi connectivity index (χ4v) is 4.87. The molecule has 3 heterocycles. The quantitative estimate of drug-likeness (QED) is 0.223. The van der Waals surface area contributed by atoms with Gasteiger partial charge in [-0.15, -0.1) is 0 Å². The molecular weight excluding hydrogens is 511 g/mol. The number of rotatable bonds is 16. The summed E-state index contributed by atoms with van der Waals surface area (Å²) < 4.78 is 19.5. The van der Waals surface area contributed by atoms with Crippen molar-refractivity contribution in [2.24, 2.45) is 0 Å². The van der Waals surface area contributed by atoms with Crippen LogP contribution in [0.15, 0.2) is 54.7 Å². The van der Waals surface area contributed by atoms with E-state index >= 15 is 0 Å². The zero-order valence-corrected chi connectivity index (χ0v) is 23.1. The highest BCUT2D eigenvalue weighted by atomic mass is 19.1. The molecule has 0 bridgehead atoms. The Morgan fingerprint density at radius 2 is 2.00 bits per heavy atom. The van der Waals surface area contributed by atoms with E-state index in [9.17, 15) is 14.3 Å². The number of hydrogen-bond donors (Lipinski definition) is 3. The van der Waals surface area contributed by atoms with Gasteiger partial charge in [0.25, 0.3) is 0 Å². The molecule has 0 saturated heterocycles. The normalized spacial score (nSPS) is 14.3. The number of aromatic nitrogens is 3. The van der Waals surface area contributed by atoms with E-state index in [0.717, 1.165) is 55.7 Å². The fourth-order valence-electron chi connectivity index (χ4n) is 4.87. The molecule has 1 unspecified atom stereocenters. The first kappa shape index (κ1) is 29.4. The molecule has 0 aliphatic carbocycles. The van der Waals surface area contributed by atoms with Crippen LogP contribution >= 0.6 is 0 Å². The number of carbonyl (C=O) groups is 1. The number of unbranched alkanes of at least 4 members (excludes halogenated alkanes) is 1. The average Bonchev–Trinajstić information content (AvgIpc) is 2.97. The van der Waals surface area contributed by atoms with Crippen LogP contribution in [0.1, 0.15) is 36.9 Å². The standard InChI is InChI=1S/C30H39FN6O3/c1-40-21-24(31)20-37(18-6-5-11-25-13-12-23-10-7-16-32-28(23)34-25)19-15-26(30(38)39)35-27-14-17-33-29(36-27)22-8-3-2-4-9-22/h2-4,8-9,12-14,17,24,26H,5-7,10-11,15-16,18-21H2,1H3,(H,32,34)(H,38,39)(H,33,35,36)/t24-,26?/m0/s1. The van der Waals surface area contributed by atoms with Gasteiger partial charge >= 0.3 is 5.97 Å². The van der Waals surface area contributed by atoms with Crippen molar-refractivity contribution in [3.63, 3.8) is 0 Å². The summed E-state index contributed by atoms with van der Waals surface area (Å²) >= 11 is 0. The highest BCUT2D eigenvalue weighted by Gasteiger charge is 2.21. The molecule has 0 fully saturated rings. The molecule has 1 aromatic carbocycles. The minimum Gasteiger partial charge on any atom is -0.480 e. The summed E-state index contributed by atoms with van der Waals surface area (Å²) in [7, 11) is 1.48. The van der Waals surface area contributed by atoms with E-state index in [1.54, 1.807) is 12.3 Å². The first-order valence-corrected chi connectivity index (χ1v) is 14.0. The lowest BCUT2D eigenvalue weighted by molar-refractivity contribution is -0.138. The van der Waals surface area contributed by atoms with Gasteiger partial charge in [-0.25, -0.2) is 24.1 Å². The Morgan fingerprint density at radius 1 is 1.15 bits per heavy atom. The Morgan fingerprint density at radius 3 is 2.80 bits per heavy atom. The van der Waals surface area contributed by atoms with Crippen LogP contribution in [0.25, 0.3) is 11.4 Å². The van der Waals surface area contributed by atoms with Crippen molar-refractivity contribution in [3.05, 3.63) is 66.0 Å². The van der Waals surface area contributed by atoms with Crippen molar-refractivity contribution in [1.82, 2.24) is 19.9 Å². The Labute approximate surface area is 235 Å². The third kappa shape index (κ3) is 8.96. The topological polar surface area (TPSA) is 113 Å². The van der Waals surface area contributed by atoms with Gasteiger partial charge in [0.2, 0.25) is 0 Å². The Hall–Kier alpha value is -3.63. The van der Waals surface area contributed by atoms with Crippen molar-refractivity contribution < 1.29 is 19.0 Å². The summed E-state index contributed by atoms with van der Waals surface area (Å²) in [6.45, 7) is 2.23. The fraction of sp³-hybridized carbons (Fsp3) is 0.467. The number of benzene rings is 1. The Balaban J connectivity index is 1.32. The van der Waals surface area contributed by atoms with Gasteiger partial charge in [-0.3, -0.25) is 0 Å². The van der Waals surface area contributed by atoms with Gasteiger partial charge in [0.15, 0.2) is 5.82 Å². The number of nitrogens with zero attached hydrogens (tertiary/aromatic N) is 4. The summed E-state index contributed by atoms with van der Waals surface area (Å²) in [5, 5.41) is 16.3. The SMILES string of the molecule is COC[C@@H](F)CN(CCCCc1ccc2c(n1)NCCC2)CCC(Nc1ccnc(-c2ccccc2)n1)C(=O)O. The van der Waals surface area contributed by atoms with Crippen LogP contribution in [0.5, 0.6) is 0 Å². The van der Waals surface area contributed by atoms with Crippen LogP contribution in [0, 0.1) is 0 Å². The number of aliphatic carboxylic acids is 1. The molecule has 10 heteroatoms. The minimum absolute atomic E-state index is 0.00630. The molecule has 0 radical (unpaired) electrons. The summed E-state index contributed by atoms with van der Waals surface area (Å²) in [5.41, 5.74) is 3.17. The third-order valence-electron chi connectivity index (χ3n) is 6.95. The maximum Gasteiger partial charge on any atom is 0.326 e. The number of ether oxygens (including phenoxy) is 1. The van der Waals surface area contributed by atoms with Gasteiger partial charge in [-0.2, -0.15) is 0 Å². The first-order chi connectivity index (χ1) is 19.5. The van der Waals surface area contributed by atoms with Crippen LogP contribution in [-0.2, 0) is 22.4 Å². The molecule has 2 aromatic heterocycles. The Bertz CT molecular complexity index is 1220. The van der Waals surface area contributed by atoms with Crippen LogP contribution in [0.4, 0.5) is 16.0 Å². The molecule has 4 rings (SSSR count). The van der Waals surface area contributed by atoms with E-state index in [1.165, 1.54) is 12.7 Å². The lowest BCUT2D eigenvalue weighted by Crippen LogP contribution is -2.38. The second kappa shape index (κ2) is 15.2. The zero-order valence-electron chi connectivity index (χ0n) is 23.1. The van der Waals surface area contributed by atoms with Gasteiger partial charge < -0.3 is 25.4 Å². The van der Waals surface area contributed by atoms with Crippen LogP contribution in [0.2, 0.25) is 0 Å². The van der Waals surface area contributed by atoms with Crippen LogP contribution in [0.3, 0.4) is 0 Å². The second-order valence-electron chi connectivity index (χ2n) is 10.1. The van der Waals surface area contributed by atoms with Crippen molar-refractivity contribution in [1.29, 1.82) is 0 Å². The molecule has 40 heavy (non-hydrogen) atoms. The largest absolute Gasteiger partial charge is 0.480 e. The smallest absolute Gasteiger partial charge is 0.326 e.